The first-order chi connectivity index (χ1) is 20.6. The highest BCUT2D eigenvalue weighted by Crippen LogP contribution is 2.27. The molecule has 4 aromatic carbocycles. The van der Waals surface area contributed by atoms with Gasteiger partial charge in [-0.1, -0.05) is 42.5 Å². The molecule has 4 aromatic rings. The van der Waals surface area contributed by atoms with E-state index in [2.05, 4.69) is 16.0 Å². The van der Waals surface area contributed by atoms with Crippen molar-refractivity contribution in [3.63, 3.8) is 0 Å². The van der Waals surface area contributed by atoms with Gasteiger partial charge in [0.25, 0.3) is 11.8 Å². The van der Waals surface area contributed by atoms with Crippen molar-refractivity contribution in [2.24, 2.45) is 0 Å². The number of hydrogen-bond donors (Lipinski definition) is 4. The zero-order valence-corrected chi connectivity index (χ0v) is 24.1. The van der Waals surface area contributed by atoms with E-state index in [1.807, 2.05) is 0 Å². The maximum Gasteiger partial charge on any atom is 0.335 e. The number of halogens is 1. The molecule has 1 atom stereocenters. The van der Waals surface area contributed by atoms with E-state index in [1.54, 1.807) is 74.5 Å². The summed E-state index contributed by atoms with van der Waals surface area (Å²) in [6.45, 7) is 3.48. The van der Waals surface area contributed by atoms with Crippen LogP contribution >= 0.6 is 11.8 Å². The van der Waals surface area contributed by atoms with Gasteiger partial charge in [0, 0.05) is 21.8 Å². The second-order valence-corrected chi connectivity index (χ2v) is 10.9. The fourth-order valence-electron chi connectivity index (χ4n) is 3.90. The number of aromatic carboxylic acids is 1. The molecular formula is C33H28FN3O5S. The average molecular weight is 598 g/mol. The number of carbonyl (C=O) groups excluding carboxylic acids is 3. The van der Waals surface area contributed by atoms with E-state index in [-0.39, 0.29) is 17.2 Å². The third kappa shape index (κ3) is 8.64. The lowest BCUT2D eigenvalue weighted by molar-refractivity contribution is -0.115. The highest BCUT2D eigenvalue weighted by atomic mass is 32.2. The SMILES string of the molecule is Cc1ccc(C(=O)O)cc1NC(=O)C(C)Sc1cccc(NC(=O)/C(=C\c2ccc(F)cc2)NC(=O)c2ccccc2)c1. The molecular weight excluding hydrogens is 569 g/mol. The first-order valence-electron chi connectivity index (χ1n) is 13.2. The molecule has 10 heteroatoms. The number of hydrogen-bond acceptors (Lipinski definition) is 5. The number of thioether (sulfide) groups is 1. The van der Waals surface area contributed by atoms with E-state index >= 15 is 0 Å². The molecule has 4 rings (SSSR count). The van der Waals surface area contributed by atoms with Crippen molar-refractivity contribution in [2.75, 3.05) is 10.6 Å². The number of carboxylic acid groups (broad SMARTS) is 1. The Hall–Kier alpha value is -5.22. The van der Waals surface area contributed by atoms with Crippen molar-refractivity contribution >= 4 is 52.9 Å². The summed E-state index contributed by atoms with van der Waals surface area (Å²) in [7, 11) is 0. The lowest BCUT2D eigenvalue weighted by Crippen LogP contribution is -2.30. The summed E-state index contributed by atoms with van der Waals surface area (Å²) in [6.07, 6.45) is 1.45. The molecule has 0 aliphatic rings. The van der Waals surface area contributed by atoms with Crippen LogP contribution in [0, 0.1) is 12.7 Å². The Morgan fingerprint density at radius 2 is 1.56 bits per heavy atom. The van der Waals surface area contributed by atoms with Crippen LogP contribution in [-0.4, -0.2) is 34.0 Å². The van der Waals surface area contributed by atoms with E-state index in [9.17, 15) is 28.7 Å². The lowest BCUT2D eigenvalue weighted by Gasteiger charge is -2.15. The van der Waals surface area contributed by atoms with Crippen LogP contribution in [0.1, 0.15) is 38.8 Å². The van der Waals surface area contributed by atoms with Crippen LogP contribution in [0.3, 0.4) is 0 Å². The van der Waals surface area contributed by atoms with Gasteiger partial charge in [-0.2, -0.15) is 0 Å². The highest BCUT2D eigenvalue weighted by Gasteiger charge is 2.18. The Kier molecular flexibility index (Phi) is 10.1. The zero-order valence-electron chi connectivity index (χ0n) is 23.3. The molecule has 0 saturated carbocycles. The standard InChI is InChI=1S/C33H28FN3O5S/c1-20-11-14-24(33(41)42)18-28(20)36-30(38)21(2)43-27-10-6-9-26(19-27)35-32(40)29(17-22-12-15-25(34)16-13-22)37-31(39)23-7-4-3-5-8-23/h3-19,21H,1-2H3,(H,35,40)(H,36,38)(H,37,39)(H,41,42)/b29-17+. The maximum absolute atomic E-state index is 13.4. The molecule has 8 nitrogen and oxygen atoms in total. The molecule has 0 aliphatic carbocycles. The van der Waals surface area contributed by atoms with Crippen LogP contribution in [0.5, 0.6) is 0 Å². The molecule has 0 aliphatic heterocycles. The molecule has 0 heterocycles. The van der Waals surface area contributed by atoms with Crippen LogP contribution in [0.2, 0.25) is 0 Å². The van der Waals surface area contributed by atoms with Crippen molar-refractivity contribution < 1.29 is 28.7 Å². The minimum absolute atomic E-state index is 0.0507. The number of anilines is 2. The first-order valence-corrected chi connectivity index (χ1v) is 14.0. The van der Waals surface area contributed by atoms with Crippen molar-refractivity contribution in [3.05, 3.63) is 131 Å². The van der Waals surface area contributed by atoms with E-state index in [0.717, 1.165) is 5.56 Å². The monoisotopic (exact) mass is 597 g/mol. The molecule has 0 saturated heterocycles. The first kappa shape index (κ1) is 30.7. The van der Waals surface area contributed by atoms with Crippen molar-refractivity contribution in [1.29, 1.82) is 0 Å². The number of carbonyl (C=O) groups is 4. The Labute approximate surface area is 252 Å². The second-order valence-electron chi connectivity index (χ2n) is 9.50. The number of benzene rings is 4. The molecule has 0 bridgehead atoms. The van der Waals surface area contributed by atoms with E-state index < -0.39 is 28.9 Å². The van der Waals surface area contributed by atoms with Gasteiger partial charge in [-0.15, -0.1) is 11.8 Å². The molecule has 0 fully saturated rings. The summed E-state index contributed by atoms with van der Waals surface area (Å²) in [6, 6.07) is 25.3. The van der Waals surface area contributed by atoms with Crippen LogP contribution < -0.4 is 16.0 Å². The molecule has 0 radical (unpaired) electrons. The average Bonchev–Trinajstić information content (AvgIpc) is 2.99. The number of carboxylic acids is 1. The van der Waals surface area contributed by atoms with Gasteiger partial charge in [0.15, 0.2) is 0 Å². The largest absolute Gasteiger partial charge is 0.478 e. The Morgan fingerprint density at radius 1 is 0.837 bits per heavy atom. The lowest BCUT2D eigenvalue weighted by atomic mass is 10.1. The van der Waals surface area contributed by atoms with Gasteiger partial charge in [-0.3, -0.25) is 14.4 Å². The zero-order chi connectivity index (χ0) is 30.9. The fraction of sp³-hybridized carbons (Fsp3) is 0.0909. The highest BCUT2D eigenvalue weighted by molar-refractivity contribution is 8.00. The molecule has 0 spiro atoms. The summed E-state index contributed by atoms with van der Waals surface area (Å²) < 4.78 is 13.4. The number of nitrogens with one attached hydrogen (secondary N) is 3. The molecule has 4 N–H and O–H groups in total. The summed E-state index contributed by atoms with van der Waals surface area (Å²) >= 11 is 1.25. The van der Waals surface area contributed by atoms with E-state index in [4.69, 9.17) is 0 Å². The summed E-state index contributed by atoms with van der Waals surface area (Å²) in [5.41, 5.74) is 2.44. The normalized spacial score (nSPS) is 11.7. The maximum atomic E-state index is 13.4. The topological polar surface area (TPSA) is 125 Å². The molecule has 218 valence electrons. The van der Waals surface area contributed by atoms with Crippen LogP contribution in [-0.2, 0) is 9.59 Å². The predicted octanol–water partition coefficient (Wildman–Crippen LogP) is 6.36. The summed E-state index contributed by atoms with van der Waals surface area (Å²) in [5, 5.41) is 16.9. The van der Waals surface area contributed by atoms with Gasteiger partial charge in [0.2, 0.25) is 5.91 Å². The van der Waals surface area contributed by atoms with Crippen LogP contribution in [0.4, 0.5) is 15.8 Å². The van der Waals surface area contributed by atoms with Crippen molar-refractivity contribution in [1.82, 2.24) is 5.32 Å². The van der Waals surface area contributed by atoms with Gasteiger partial charge in [0.1, 0.15) is 11.5 Å². The third-order valence-corrected chi connectivity index (χ3v) is 7.32. The predicted molar refractivity (Wildman–Crippen MR) is 165 cm³/mol. The fourth-order valence-corrected chi connectivity index (χ4v) is 4.82. The number of rotatable bonds is 10. The van der Waals surface area contributed by atoms with Gasteiger partial charge in [0.05, 0.1) is 10.8 Å². The third-order valence-electron chi connectivity index (χ3n) is 6.23. The molecule has 1 unspecified atom stereocenters. The van der Waals surface area contributed by atoms with Crippen molar-refractivity contribution in [2.45, 2.75) is 24.0 Å². The van der Waals surface area contributed by atoms with Gasteiger partial charge in [-0.25, -0.2) is 9.18 Å². The second kappa shape index (κ2) is 14.1. The Morgan fingerprint density at radius 3 is 2.26 bits per heavy atom. The van der Waals surface area contributed by atoms with Gasteiger partial charge >= 0.3 is 5.97 Å². The smallest absolute Gasteiger partial charge is 0.335 e. The van der Waals surface area contributed by atoms with Crippen LogP contribution in [0.15, 0.2) is 108 Å². The summed E-state index contributed by atoms with van der Waals surface area (Å²) in [4.78, 5) is 51.1. The number of amides is 3. The molecule has 3 amide bonds. The Bertz CT molecular complexity index is 1690. The van der Waals surface area contributed by atoms with E-state index in [1.165, 1.54) is 54.2 Å². The molecule has 43 heavy (non-hydrogen) atoms. The van der Waals surface area contributed by atoms with Crippen LogP contribution in [0.25, 0.3) is 6.08 Å². The van der Waals surface area contributed by atoms with Gasteiger partial charge < -0.3 is 21.1 Å². The van der Waals surface area contributed by atoms with Crippen molar-refractivity contribution in [3.8, 4) is 0 Å². The van der Waals surface area contributed by atoms with Gasteiger partial charge in [-0.05, 0) is 85.6 Å². The van der Waals surface area contributed by atoms with E-state index in [0.29, 0.717) is 27.4 Å². The quantitative estimate of drug-likeness (QED) is 0.125. The number of aryl methyl sites for hydroxylation is 1. The Balaban J connectivity index is 1.48. The molecule has 0 aromatic heterocycles. The minimum Gasteiger partial charge on any atom is -0.478 e. The minimum atomic E-state index is -1.09. The summed E-state index contributed by atoms with van der Waals surface area (Å²) in [5.74, 6) is -2.93.